The Labute approximate surface area is 655 Å². The zero-order valence-electron chi connectivity index (χ0n) is 59.2. The second kappa shape index (κ2) is 29.2. The number of aliphatic hydroxyl groups is 2. The SMILES string of the molecule is C.C=C[C@@]1(C)C[C@@H](n2ccc3c(N)ncc(F)c32)[C@@H]2OC(C)(C)O[C@@H]21.CC1(C)O[C@H]2[C@H](n3ccc4c(N)ncc(F)c43)C[C@](C)(CCc3ccc4cc(Br)c(N)nc4c3)[C@H]2O1.C[C@]1(CCc2ccc3cc(Br)c(N)nc3c2)C[C@@H](n2ccc3c(N)ncc(F)c32)[C@H](O)[C@@H]1O.Nc1nc2cc(I)ccc2cc1Br. The number of benzene rings is 3. The maximum atomic E-state index is 14.9. The van der Waals surface area contributed by atoms with E-state index >= 15 is 0 Å². The van der Waals surface area contributed by atoms with E-state index in [4.69, 9.17) is 53.3 Å². The van der Waals surface area contributed by atoms with Gasteiger partial charge in [-0.1, -0.05) is 64.6 Å². The highest BCUT2D eigenvalue weighted by molar-refractivity contribution is 14.1. The van der Waals surface area contributed by atoms with Crippen LogP contribution in [0.25, 0.3) is 65.4 Å². The topological polar surface area (TPSA) is 326 Å². The van der Waals surface area contributed by atoms with Gasteiger partial charge in [0, 0.05) is 59.9 Å². The highest BCUT2D eigenvalue weighted by Gasteiger charge is 2.61. The largest absolute Gasteiger partial charge is 0.390 e. The maximum absolute atomic E-state index is 14.9. The number of pyridine rings is 6. The third-order valence-corrected chi connectivity index (χ3v) is 24.6. The Hall–Kier alpha value is -7.78. The van der Waals surface area contributed by atoms with Crippen molar-refractivity contribution in [1.82, 2.24) is 43.6 Å². The molecule has 5 fully saturated rings. The van der Waals surface area contributed by atoms with E-state index in [1.54, 1.807) is 22.9 Å². The lowest BCUT2D eigenvalue weighted by molar-refractivity contribution is -0.168. The van der Waals surface area contributed by atoms with Gasteiger partial charge < -0.3 is 77.3 Å². The molecule has 3 aliphatic carbocycles. The minimum absolute atomic E-state index is 0. The molecule has 0 radical (unpaired) electrons. The highest BCUT2D eigenvalue weighted by atomic mass is 127. The number of nitrogens with zero attached hydrogens (tertiary/aromatic N) is 9. The standard InChI is InChI=1S/C27H29BrFN5O2.C24H25BrFN5O2.C18H22FN3O2.C9H6BrIN2.CH4/c1-26(2)35-22-20(34-9-7-16-21(34)18(29)13-32-24(16)30)12-27(3,23(22)36-26)8-6-14-4-5-15-11-17(28)25(31)33-19(15)10-14;1-24(6-4-12-2-3-13-9-15(25)23(28)30-17(13)8-12)10-18(20(32)21(24)33)31-7-5-14-19(31)16(26)11-29-22(14)27;1-5-18(4)8-12(14-15(18)24-17(2,3)23-14)22-7-6-10-13(22)11(19)9-21-16(10)20;10-7-3-5-1-2-6(11)4-8(5)13-9(7)12;/h4-5,7,9-11,13,20,22-23H,6,8,12H2,1-3H3,(H2,30,32)(H2,31,33);2-3,5,7-9,11,18,20-21,32-33H,4,6,10H2,1H3,(H2,27,29)(H2,28,30);5-7,9,12,14-15H,1,8H2,2-4H3,(H2,20,21);1-4H,(H2,12,13);1H4/t20-,22+,23+,27+;18-,20+,21+,24+;12-,14+,15+,18+;;/m111../s1. The van der Waals surface area contributed by atoms with E-state index in [2.05, 4.69) is 139 Å². The van der Waals surface area contributed by atoms with Crippen molar-refractivity contribution in [2.45, 2.75) is 167 Å². The summed E-state index contributed by atoms with van der Waals surface area (Å²) < 4.78 is 78.3. The Morgan fingerprint density at radius 3 is 1.32 bits per heavy atom. The summed E-state index contributed by atoms with van der Waals surface area (Å²) in [7, 11) is 0. The molecule has 0 amide bonds. The smallest absolute Gasteiger partial charge is 0.165 e. The summed E-state index contributed by atoms with van der Waals surface area (Å²) >= 11 is 12.4. The van der Waals surface area contributed by atoms with Crippen molar-refractivity contribution in [2.24, 2.45) is 16.2 Å². The van der Waals surface area contributed by atoms with E-state index in [0.29, 0.717) is 81.1 Å². The molecule has 562 valence electrons. The lowest BCUT2D eigenvalue weighted by Crippen LogP contribution is -2.35. The fourth-order valence-electron chi connectivity index (χ4n) is 16.4. The van der Waals surface area contributed by atoms with Crippen LogP contribution in [-0.2, 0) is 31.8 Å². The van der Waals surface area contributed by atoms with E-state index < -0.39 is 41.1 Å². The number of nitrogen functional groups attached to an aromatic ring is 6. The molecule has 17 rings (SSSR count). The molecule has 11 heterocycles. The van der Waals surface area contributed by atoms with Crippen LogP contribution in [0.4, 0.5) is 48.1 Å². The molecule has 3 saturated carbocycles. The fourth-order valence-corrected chi connectivity index (χ4v) is 17.9. The van der Waals surface area contributed by atoms with Gasteiger partial charge in [-0.15, -0.1) is 6.58 Å². The number of anilines is 6. The summed E-state index contributed by atoms with van der Waals surface area (Å²) in [5, 5.41) is 26.7. The van der Waals surface area contributed by atoms with Gasteiger partial charge in [-0.2, -0.15) is 0 Å². The zero-order chi connectivity index (χ0) is 75.6. The summed E-state index contributed by atoms with van der Waals surface area (Å²) in [6, 6.07) is 29.1. The summed E-state index contributed by atoms with van der Waals surface area (Å²) in [4.78, 5) is 25.0. The molecule has 0 unspecified atom stereocenters. The van der Waals surface area contributed by atoms with Crippen LogP contribution in [0.1, 0.15) is 117 Å². The maximum Gasteiger partial charge on any atom is 0.165 e. The van der Waals surface area contributed by atoms with Gasteiger partial charge in [-0.3, -0.25) is 0 Å². The lowest BCUT2D eigenvalue weighted by Gasteiger charge is -2.32. The van der Waals surface area contributed by atoms with Crippen molar-refractivity contribution in [3.05, 3.63) is 186 Å². The first kappa shape index (κ1) is 77.4. The molecule has 14 N–H and O–H groups in total. The van der Waals surface area contributed by atoms with Gasteiger partial charge in [0.2, 0.25) is 0 Å². The number of ether oxygens (including phenoxy) is 4. The molecule has 12 aromatic rings. The van der Waals surface area contributed by atoms with Gasteiger partial charge in [0.15, 0.2) is 29.0 Å². The van der Waals surface area contributed by atoms with Gasteiger partial charge in [0.25, 0.3) is 0 Å². The Morgan fingerprint density at radius 2 is 0.879 bits per heavy atom. The minimum Gasteiger partial charge on any atom is -0.390 e. The number of rotatable bonds is 10. The number of aliphatic hydroxyl groups excluding tert-OH is 2. The predicted molar refractivity (Wildman–Crippen MR) is 435 cm³/mol. The van der Waals surface area contributed by atoms with E-state index in [1.165, 1.54) is 21.5 Å². The quantitative estimate of drug-likeness (QED) is 0.0466. The first-order valence-electron chi connectivity index (χ1n) is 34.8. The number of hydrogen-bond donors (Lipinski definition) is 8. The molecule has 28 heteroatoms. The summed E-state index contributed by atoms with van der Waals surface area (Å²) in [5.41, 5.74) is 40.6. The van der Waals surface area contributed by atoms with Gasteiger partial charge in [-0.05, 0) is 226 Å². The summed E-state index contributed by atoms with van der Waals surface area (Å²) in [6.07, 6.45) is 13.3. The van der Waals surface area contributed by atoms with Crippen LogP contribution >= 0.6 is 70.4 Å². The van der Waals surface area contributed by atoms with Crippen molar-refractivity contribution in [3.8, 4) is 0 Å². The number of fused-ring (bicyclic) bond motifs is 8. The molecule has 21 nitrogen and oxygen atoms in total. The van der Waals surface area contributed by atoms with Crippen molar-refractivity contribution < 1.29 is 42.3 Å². The average molecular weight is 1770 g/mol. The Kier molecular flexibility index (Phi) is 21.1. The normalized spacial score (nSPS) is 26.0. The third-order valence-electron chi connectivity index (χ3n) is 22.0. The van der Waals surface area contributed by atoms with Crippen molar-refractivity contribution >= 4 is 171 Å². The first-order chi connectivity index (χ1) is 50.1. The van der Waals surface area contributed by atoms with Crippen LogP contribution in [0, 0.1) is 37.3 Å². The second-order valence-corrected chi connectivity index (χ2v) is 34.0. The van der Waals surface area contributed by atoms with E-state index in [9.17, 15) is 23.4 Å². The van der Waals surface area contributed by atoms with Gasteiger partial charge in [-0.25, -0.2) is 43.1 Å². The van der Waals surface area contributed by atoms with E-state index in [0.717, 1.165) is 83.6 Å². The van der Waals surface area contributed by atoms with E-state index in [1.807, 2.05) is 123 Å². The summed E-state index contributed by atoms with van der Waals surface area (Å²) in [5.74, 6) is -0.316. The van der Waals surface area contributed by atoms with Gasteiger partial charge in [0.05, 0.1) is 102 Å². The van der Waals surface area contributed by atoms with Crippen LogP contribution in [0.15, 0.2) is 154 Å². The highest BCUT2D eigenvalue weighted by Crippen LogP contribution is 2.58. The van der Waals surface area contributed by atoms with Gasteiger partial charge >= 0.3 is 0 Å². The average Bonchev–Trinajstić information content (AvgIpc) is 1.57. The number of nitrogens with two attached hydrogens (primary N) is 6. The monoisotopic (exact) mass is 1760 g/mol. The third kappa shape index (κ3) is 14.6. The molecule has 107 heavy (non-hydrogen) atoms. The molecule has 0 spiro atoms. The number of hydrogen-bond acceptors (Lipinski definition) is 18. The van der Waals surface area contributed by atoms with E-state index in [-0.39, 0.29) is 72.2 Å². The molecular weight excluding hydrogens is 1680 g/mol. The predicted octanol–water partition coefficient (Wildman–Crippen LogP) is 16.9. The Bertz CT molecular complexity index is 5460. The van der Waals surface area contributed by atoms with Crippen LogP contribution < -0.4 is 34.4 Å². The molecule has 12 atom stereocenters. The zero-order valence-corrected chi connectivity index (χ0v) is 66.1. The molecule has 9 aromatic heterocycles. The Morgan fingerprint density at radius 1 is 0.505 bits per heavy atom. The Balaban J connectivity index is 0.000000132. The number of aryl methyl sites for hydroxylation is 2. The lowest BCUT2D eigenvalue weighted by atomic mass is 9.80. The molecular formula is C79H86Br3F3IN15O6. The number of aromatic nitrogens is 9. The first-order valence-corrected chi connectivity index (χ1v) is 38.2. The van der Waals surface area contributed by atoms with Gasteiger partial charge in [0.1, 0.15) is 53.2 Å². The molecule has 5 aliphatic rings. The van der Waals surface area contributed by atoms with Crippen LogP contribution in [0.2, 0.25) is 0 Å². The van der Waals surface area contributed by atoms with Crippen molar-refractivity contribution in [1.29, 1.82) is 0 Å². The van der Waals surface area contributed by atoms with Crippen LogP contribution in [0.5, 0.6) is 0 Å². The van der Waals surface area contributed by atoms with Crippen LogP contribution in [-0.4, -0.2) is 102 Å². The molecule has 0 bridgehead atoms. The van der Waals surface area contributed by atoms with Crippen molar-refractivity contribution in [3.63, 3.8) is 0 Å². The number of halogens is 7. The second-order valence-electron chi connectivity index (χ2n) is 30.2. The van der Waals surface area contributed by atoms with Crippen LogP contribution in [0.3, 0.4) is 0 Å². The van der Waals surface area contributed by atoms with Crippen molar-refractivity contribution in [2.75, 3.05) is 34.4 Å². The molecule has 2 aliphatic heterocycles. The summed E-state index contributed by atoms with van der Waals surface area (Å²) in [6.45, 7) is 18.0. The molecule has 2 saturated heterocycles. The molecule has 3 aromatic carbocycles. The fraction of sp³-hybridized carbons (Fsp3) is 0.367. The minimum atomic E-state index is -1.03.